The van der Waals surface area contributed by atoms with Gasteiger partial charge < -0.3 is 10.2 Å². The number of nitrogens with zero attached hydrogens (tertiary/aromatic N) is 3. The van der Waals surface area contributed by atoms with Gasteiger partial charge in [-0.1, -0.05) is 26.0 Å². The SMILES string of the molecule is CC(C)Cn1c(=O)[nH]c(=O)c2c(C(=O)Nc3ccccc3SC(=O)N(C)C)cc(C3CC3)nc21. The fourth-order valence-corrected chi connectivity index (χ4v) is 4.38. The van der Waals surface area contributed by atoms with Crippen LogP contribution in [-0.2, 0) is 6.54 Å². The van der Waals surface area contributed by atoms with Crippen LogP contribution < -0.4 is 16.6 Å². The van der Waals surface area contributed by atoms with Gasteiger partial charge in [0, 0.05) is 37.1 Å². The van der Waals surface area contributed by atoms with Crippen LogP contribution in [0.4, 0.5) is 10.5 Å². The van der Waals surface area contributed by atoms with Crippen molar-refractivity contribution in [3.63, 3.8) is 0 Å². The van der Waals surface area contributed by atoms with Crippen molar-refractivity contribution in [2.45, 2.75) is 44.0 Å². The summed E-state index contributed by atoms with van der Waals surface area (Å²) in [4.78, 5) is 60.2. The van der Waals surface area contributed by atoms with Crippen LogP contribution >= 0.6 is 11.8 Å². The molecule has 34 heavy (non-hydrogen) atoms. The van der Waals surface area contributed by atoms with Gasteiger partial charge in [0.25, 0.3) is 16.7 Å². The number of carbonyl (C=O) groups excluding carboxylic acids is 2. The van der Waals surface area contributed by atoms with E-state index in [0.717, 1.165) is 24.6 Å². The maximum Gasteiger partial charge on any atom is 0.330 e. The topological polar surface area (TPSA) is 117 Å². The Hall–Kier alpha value is -3.40. The van der Waals surface area contributed by atoms with E-state index in [1.165, 1.54) is 9.47 Å². The lowest BCUT2D eigenvalue weighted by Gasteiger charge is -2.16. The lowest BCUT2D eigenvalue weighted by molar-refractivity contribution is 0.102. The van der Waals surface area contributed by atoms with Crippen LogP contribution in [0.2, 0.25) is 0 Å². The van der Waals surface area contributed by atoms with Gasteiger partial charge in [0.05, 0.1) is 16.6 Å². The molecule has 0 radical (unpaired) electrons. The highest BCUT2D eigenvalue weighted by atomic mass is 32.2. The Balaban J connectivity index is 1.82. The zero-order valence-electron chi connectivity index (χ0n) is 19.5. The summed E-state index contributed by atoms with van der Waals surface area (Å²) in [5, 5.41) is 2.75. The molecule has 10 heteroatoms. The standard InChI is InChI=1S/C24H27N5O4S/c1-13(2)12-29-20-19(22(31)27-23(29)32)15(11-17(25-20)14-9-10-14)21(30)26-16-7-5-6-8-18(16)34-24(33)28(3)4/h5-8,11,13-14H,9-10,12H2,1-4H3,(H,26,30)(H,27,31,32). The monoisotopic (exact) mass is 481 g/mol. The van der Waals surface area contributed by atoms with Gasteiger partial charge in [-0.3, -0.25) is 23.9 Å². The van der Waals surface area contributed by atoms with Gasteiger partial charge in [-0.25, -0.2) is 9.78 Å². The Kier molecular flexibility index (Phi) is 6.60. The molecule has 9 nitrogen and oxygen atoms in total. The predicted octanol–water partition coefficient (Wildman–Crippen LogP) is 3.64. The summed E-state index contributed by atoms with van der Waals surface area (Å²) in [5.74, 6) is -0.160. The molecule has 1 aliphatic rings. The van der Waals surface area contributed by atoms with E-state index in [4.69, 9.17) is 0 Å². The number of amides is 2. The molecular formula is C24H27N5O4S. The Bertz CT molecular complexity index is 1390. The van der Waals surface area contributed by atoms with E-state index in [2.05, 4.69) is 15.3 Å². The van der Waals surface area contributed by atoms with E-state index < -0.39 is 17.2 Å². The van der Waals surface area contributed by atoms with Crippen molar-refractivity contribution in [3.8, 4) is 0 Å². The van der Waals surface area contributed by atoms with Crippen LogP contribution in [0.15, 0.2) is 44.8 Å². The first-order valence-electron chi connectivity index (χ1n) is 11.1. The molecule has 2 aromatic heterocycles. The molecule has 0 saturated heterocycles. The predicted molar refractivity (Wildman–Crippen MR) is 133 cm³/mol. The summed E-state index contributed by atoms with van der Waals surface area (Å²) in [7, 11) is 3.31. The number of fused-ring (bicyclic) bond motifs is 1. The Morgan fingerprint density at radius 2 is 1.94 bits per heavy atom. The summed E-state index contributed by atoms with van der Waals surface area (Å²) in [6.45, 7) is 4.29. The number of anilines is 1. The molecule has 2 N–H and O–H groups in total. The summed E-state index contributed by atoms with van der Waals surface area (Å²) in [5.41, 5.74) is 0.349. The van der Waals surface area contributed by atoms with Crippen LogP contribution in [0.25, 0.3) is 11.0 Å². The average Bonchev–Trinajstić information content (AvgIpc) is 3.62. The second-order valence-corrected chi connectivity index (χ2v) is 10.0. The minimum absolute atomic E-state index is 0.0802. The molecule has 0 spiro atoms. The number of hydrogen-bond donors (Lipinski definition) is 2. The summed E-state index contributed by atoms with van der Waals surface area (Å²) >= 11 is 0.998. The molecule has 2 amide bonds. The third kappa shape index (κ3) is 4.91. The molecule has 1 saturated carbocycles. The van der Waals surface area contributed by atoms with Gasteiger partial charge in [-0.2, -0.15) is 0 Å². The maximum atomic E-state index is 13.5. The lowest BCUT2D eigenvalue weighted by atomic mass is 10.1. The number of aromatic nitrogens is 3. The molecule has 0 bridgehead atoms. The molecule has 1 aliphatic carbocycles. The number of nitrogens with one attached hydrogen (secondary N) is 2. The molecule has 1 fully saturated rings. The molecule has 0 aliphatic heterocycles. The quantitative estimate of drug-likeness (QED) is 0.519. The Morgan fingerprint density at radius 3 is 2.59 bits per heavy atom. The van der Waals surface area contributed by atoms with Crippen molar-refractivity contribution >= 4 is 39.6 Å². The van der Waals surface area contributed by atoms with Crippen molar-refractivity contribution in [3.05, 3.63) is 62.4 Å². The Morgan fingerprint density at radius 1 is 1.24 bits per heavy atom. The second kappa shape index (κ2) is 9.46. The van der Waals surface area contributed by atoms with E-state index in [1.54, 1.807) is 44.4 Å². The zero-order valence-corrected chi connectivity index (χ0v) is 20.4. The fourth-order valence-electron chi connectivity index (χ4n) is 3.63. The summed E-state index contributed by atoms with van der Waals surface area (Å²) < 4.78 is 1.43. The molecule has 3 aromatic rings. The third-order valence-corrected chi connectivity index (χ3v) is 6.57. The molecule has 0 unspecified atom stereocenters. The number of carbonyl (C=O) groups is 2. The smallest absolute Gasteiger partial charge is 0.330 e. The first-order chi connectivity index (χ1) is 16.2. The summed E-state index contributed by atoms with van der Waals surface area (Å²) in [6, 6.07) is 8.63. The van der Waals surface area contributed by atoms with Crippen LogP contribution in [0.5, 0.6) is 0 Å². The number of hydrogen-bond acceptors (Lipinski definition) is 6. The normalized spacial score (nSPS) is 13.3. The van der Waals surface area contributed by atoms with E-state index in [1.807, 2.05) is 13.8 Å². The van der Waals surface area contributed by atoms with Gasteiger partial charge in [0.15, 0.2) is 5.65 Å². The van der Waals surface area contributed by atoms with Crippen molar-refractivity contribution in [2.75, 3.05) is 19.4 Å². The van der Waals surface area contributed by atoms with Crippen LogP contribution in [0.1, 0.15) is 48.7 Å². The molecule has 178 valence electrons. The van der Waals surface area contributed by atoms with E-state index in [9.17, 15) is 19.2 Å². The highest BCUT2D eigenvalue weighted by Gasteiger charge is 2.29. The number of para-hydroxylation sites is 1. The van der Waals surface area contributed by atoms with Crippen LogP contribution in [0.3, 0.4) is 0 Å². The van der Waals surface area contributed by atoms with E-state index in [-0.39, 0.29) is 33.7 Å². The van der Waals surface area contributed by atoms with Crippen molar-refractivity contribution in [2.24, 2.45) is 5.92 Å². The van der Waals surface area contributed by atoms with Gasteiger partial charge in [0.1, 0.15) is 0 Å². The van der Waals surface area contributed by atoms with Crippen LogP contribution in [0, 0.1) is 5.92 Å². The third-order valence-electron chi connectivity index (χ3n) is 5.45. The van der Waals surface area contributed by atoms with Gasteiger partial charge in [-0.15, -0.1) is 0 Å². The fraction of sp³-hybridized carbons (Fsp3) is 0.375. The first kappa shape index (κ1) is 23.7. The van der Waals surface area contributed by atoms with Crippen molar-refractivity contribution < 1.29 is 9.59 Å². The van der Waals surface area contributed by atoms with Crippen molar-refractivity contribution in [1.82, 2.24) is 19.4 Å². The molecule has 1 aromatic carbocycles. The van der Waals surface area contributed by atoms with Gasteiger partial charge in [0.2, 0.25) is 0 Å². The summed E-state index contributed by atoms with van der Waals surface area (Å²) in [6.07, 6.45) is 1.90. The van der Waals surface area contributed by atoms with Gasteiger partial charge >= 0.3 is 5.69 Å². The van der Waals surface area contributed by atoms with E-state index >= 15 is 0 Å². The number of pyridine rings is 1. The van der Waals surface area contributed by atoms with Crippen LogP contribution in [-0.4, -0.2) is 44.7 Å². The number of benzene rings is 1. The highest BCUT2D eigenvalue weighted by Crippen LogP contribution is 2.40. The van der Waals surface area contributed by atoms with Crippen molar-refractivity contribution in [1.29, 1.82) is 0 Å². The molecular weight excluding hydrogens is 454 g/mol. The minimum atomic E-state index is -0.648. The molecule has 0 atom stereocenters. The first-order valence-corrected chi connectivity index (χ1v) is 11.9. The number of thioether (sulfide) groups is 1. The second-order valence-electron chi connectivity index (χ2n) is 9.04. The number of aromatic amines is 1. The molecule has 2 heterocycles. The maximum absolute atomic E-state index is 13.5. The van der Waals surface area contributed by atoms with E-state index in [0.29, 0.717) is 22.8 Å². The Labute approximate surface area is 200 Å². The average molecular weight is 482 g/mol. The zero-order chi connectivity index (χ0) is 24.6. The lowest BCUT2D eigenvalue weighted by Crippen LogP contribution is -2.33. The molecule has 4 rings (SSSR count). The van der Waals surface area contributed by atoms with Gasteiger partial charge in [-0.05, 0) is 48.7 Å². The number of H-pyrrole nitrogens is 1. The highest BCUT2D eigenvalue weighted by molar-refractivity contribution is 8.13. The number of rotatable bonds is 6. The minimum Gasteiger partial charge on any atom is -0.339 e. The largest absolute Gasteiger partial charge is 0.339 e.